The van der Waals surface area contributed by atoms with E-state index in [9.17, 15) is 9.59 Å². The Morgan fingerprint density at radius 2 is 2.05 bits per heavy atom. The molecule has 1 saturated heterocycles. The molecule has 102 valence electrons. The van der Waals surface area contributed by atoms with Crippen LogP contribution in [0.25, 0.3) is 0 Å². The number of likely N-dealkylation sites (tertiary alicyclic amines) is 1. The van der Waals surface area contributed by atoms with Gasteiger partial charge in [-0.1, -0.05) is 0 Å². The molecule has 1 N–H and O–H groups in total. The van der Waals surface area contributed by atoms with Crippen molar-refractivity contribution in [3.05, 3.63) is 24.2 Å². The zero-order valence-corrected chi connectivity index (χ0v) is 10.9. The van der Waals surface area contributed by atoms with Crippen molar-refractivity contribution >= 4 is 11.8 Å². The van der Waals surface area contributed by atoms with E-state index < -0.39 is 5.41 Å². The fraction of sp³-hybridized carbons (Fsp3) is 0.571. The number of carbonyl (C=O) groups is 2. The molecule has 2 aliphatic rings. The molecule has 0 spiro atoms. The Morgan fingerprint density at radius 1 is 1.32 bits per heavy atom. The number of carbonyl (C=O) groups excluding carboxylic acids is 2. The maximum Gasteiger partial charge on any atom is 0.238 e. The van der Waals surface area contributed by atoms with Gasteiger partial charge >= 0.3 is 0 Å². The summed E-state index contributed by atoms with van der Waals surface area (Å²) in [5.41, 5.74) is -0.781. The quantitative estimate of drug-likeness (QED) is 0.832. The van der Waals surface area contributed by atoms with E-state index in [2.05, 4.69) is 5.32 Å². The highest BCUT2D eigenvalue weighted by Crippen LogP contribution is 2.48. The van der Waals surface area contributed by atoms with Crippen molar-refractivity contribution in [2.24, 2.45) is 5.41 Å². The topological polar surface area (TPSA) is 62.6 Å². The lowest BCUT2D eigenvalue weighted by Crippen LogP contribution is -2.44. The Bertz CT molecular complexity index is 471. The van der Waals surface area contributed by atoms with Crippen molar-refractivity contribution in [3.63, 3.8) is 0 Å². The summed E-state index contributed by atoms with van der Waals surface area (Å²) in [4.78, 5) is 26.4. The predicted molar refractivity (Wildman–Crippen MR) is 68.0 cm³/mol. The molecule has 5 nitrogen and oxygen atoms in total. The number of amides is 2. The molecule has 1 aromatic rings. The van der Waals surface area contributed by atoms with Gasteiger partial charge in [0.1, 0.15) is 11.2 Å². The van der Waals surface area contributed by atoms with Gasteiger partial charge in [-0.25, -0.2) is 0 Å². The molecule has 19 heavy (non-hydrogen) atoms. The van der Waals surface area contributed by atoms with Crippen molar-refractivity contribution in [2.45, 2.75) is 32.2 Å². The second kappa shape index (κ2) is 4.72. The van der Waals surface area contributed by atoms with E-state index in [-0.39, 0.29) is 11.8 Å². The van der Waals surface area contributed by atoms with E-state index in [1.807, 2.05) is 11.0 Å². The van der Waals surface area contributed by atoms with Gasteiger partial charge in [0.2, 0.25) is 11.8 Å². The van der Waals surface area contributed by atoms with Crippen LogP contribution < -0.4 is 5.32 Å². The van der Waals surface area contributed by atoms with Crippen molar-refractivity contribution in [1.29, 1.82) is 0 Å². The van der Waals surface area contributed by atoms with Crippen LogP contribution in [0.3, 0.4) is 0 Å². The van der Waals surface area contributed by atoms with Crippen LogP contribution in [0.5, 0.6) is 0 Å². The zero-order chi connectivity index (χ0) is 13.3. The minimum atomic E-state index is -0.781. The van der Waals surface area contributed by atoms with Gasteiger partial charge in [-0.2, -0.15) is 0 Å². The second-order valence-electron chi connectivity index (χ2n) is 5.34. The van der Waals surface area contributed by atoms with E-state index in [4.69, 9.17) is 4.42 Å². The predicted octanol–water partition coefficient (Wildman–Crippen LogP) is 1.30. The van der Waals surface area contributed by atoms with Crippen LogP contribution in [0.4, 0.5) is 0 Å². The number of hydrogen-bond acceptors (Lipinski definition) is 3. The third-order valence-corrected chi connectivity index (χ3v) is 3.99. The van der Waals surface area contributed by atoms with E-state index in [1.54, 1.807) is 12.3 Å². The number of nitrogens with one attached hydrogen (secondary N) is 1. The smallest absolute Gasteiger partial charge is 0.238 e. The minimum absolute atomic E-state index is 0.0157. The van der Waals surface area contributed by atoms with E-state index >= 15 is 0 Å². The second-order valence-corrected chi connectivity index (χ2v) is 5.34. The summed E-state index contributed by atoms with van der Waals surface area (Å²) in [6.45, 7) is 1.94. The molecule has 0 aromatic carbocycles. The van der Waals surface area contributed by atoms with Crippen LogP contribution in [-0.2, 0) is 16.1 Å². The van der Waals surface area contributed by atoms with Gasteiger partial charge in [0.15, 0.2) is 0 Å². The van der Waals surface area contributed by atoms with Crippen LogP contribution in [-0.4, -0.2) is 29.8 Å². The Labute approximate surface area is 111 Å². The molecule has 0 atom stereocenters. The van der Waals surface area contributed by atoms with Gasteiger partial charge in [-0.05, 0) is 37.8 Å². The van der Waals surface area contributed by atoms with E-state index in [0.29, 0.717) is 25.1 Å². The number of hydrogen-bond donors (Lipinski definition) is 1. The minimum Gasteiger partial charge on any atom is -0.467 e. The van der Waals surface area contributed by atoms with Crippen molar-refractivity contribution < 1.29 is 14.0 Å². The third kappa shape index (κ3) is 2.25. The van der Waals surface area contributed by atoms with Crippen LogP contribution in [0.15, 0.2) is 22.8 Å². The number of nitrogens with zero attached hydrogens (tertiary/aromatic N) is 1. The molecule has 1 aliphatic carbocycles. The highest BCUT2D eigenvalue weighted by molar-refractivity contribution is 6.07. The molecule has 2 amide bonds. The summed E-state index contributed by atoms with van der Waals surface area (Å²) in [6, 6.07) is 3.59. The normalized spacial score (nSPS) is 20.3. The Balaban J connectivity index is 1.60. The van der Waals surface area contributed by atoms with Crippen LogP contribution in [0, 0.1) is 5.41 Å². The van der Waals surface area contributed by atoms with Gasteiger partial charge in [-0.15, -0.1) is 0 Å². The molecule has 2 fully saturated rings. The van der Waals surface area contributed by atoms with Gasteiger partial charge in [0.05, 0.1) is 12.8 Å². The highest BCUT2D eigenvalue weighted by atomic mass is 16.3. The summed E-state index contributed by atoms with van der Waals surface area (Å²) in [5.74, 6) is 0.570. The van der Waals surface area contributed by atoms with E-state index in [0.717, 1.165) is 25.9 Å². The third-order valence-electron chi connectivity index (χ3n) is 3.99. The van der Waals surface area contributed by atoms with Crippen molar-refractivity contribution in [2.75, 3.05) is 13.1 Å². The first kappa shape index (κ1) is 12.3. The van der Waals surface area contributed by atoms with Gasteiger partial charge in [0.25, 0.3) is 0 Å². The number of furan rings is 1. The average Bonchev–Trinajstić information content (AvgIpc) is 2.84. The number of rotatable bonds is 4. The van der Waals surface area contributed by atoms with Crippen molar-refractivity contribution in [3.8, 4) is 0 Å². The maximum atomic E-state index is 12.4. The first-order valence-electron chi connectivity index (χ1n) is 6.82. The molecule has 5 heteroatoms. The Kier molecular flexibility index (Phi) is 3.05. The molecule has 0 radical (unpaired) electrons. The molecule has 0 unspecified atom stereocenters. The molecular formula is C14H18N2O3. The first-order chi connectivity index (χ1) is 9.22. The zero-order valence-electron chi connectivity index (χ0n) is 10.9. The van der Waals surface area contributed by atoms with Gasteiger partial charge in [-0.3, -0.25) is 9.59 Å². The fourth-order valence-electron chi connectivity index (χ4n) is 2.64. The Hall–Kier alpha value is -1.78. The molecule has 1 aromatic heterocycles. The van der Waals surface area contributed by atoms with Crippen LogP contribution in [0.1, 0.15) is 31.4 Å². The summed E-state index contributed by atoms with van der Waals surface area (Å²) in [5, 5.41) is 2.81. The monoisotopic (exact) mass is 262 g/mol. The van der Waals surface area contributed by atoms with Crippen molar-refractivity contribution in [1.82, 2.24) is 10.2 Å². The van der Waals surface area contributed by atoms with Gasteiger partial charge in [0, 0.05) is 13.1 Å². The van der Waals surface area contributed by atoms with Crippen LogP contribution >= 0.6 is 0 Å². The lowest BCUT2D eigenvalue weighted by atomic mass is 10.0. The highest BCUT2D eigenvalue weighted by Gasteiger charge is 2.58. The SMILES string of the molecule is O=C(NCc1ccco1)C1(C(=O)N2CCCC2)CC1. The Morgan fingerprint density at radius 3 is 2.63 bits per heavy atom. The molecular weight excluding hydrogens is 244 g/mol. The summed E-state index contributed by atoms with van der Waals surface area (Å²) < 4.78 is 5.17. The van der Waals surface area contributed by atoms with Crippen LogP contribution in [0.2, 0.25) is 0 Å². The molecule has 1 saturated carbocycles. The first-order valence-corrected chi connectivity index (χ1v) is 6.82. The standard InChI is InChI=1S/C14H18N2O3/c17-12(15-10-11-4-3-9-19-11)14(5-6-14)13(18)16-7-1-2-8-16/h3-4,9H,1-2,5-8,10H2,(H,15,17). The summed E-state index contributed by atoms with van der Waals surface area (Å²) in [6.07, 6.45) is 5.02. The largest absolute Gasteiger partial charge is 0.467 e. The lowest BCUT2D eigenvalue weighted by molar-refractivity contribution is -0.143. The molecule has 2 heterocycles. The summed E-state index contributed by atoms with van der Waals surface area (Å²) >= 11 is 0. The van der Waals surface area contributed by atoms with E-state index in [1.165, 1.54) is 0 Å². The molecule has 3 rings (SSSR count). The van der Waals surface area contributed by atoms with Gasteiger partial charge < -0.3 is 14.6 Å². The maximum absolute atomic E-state index is 12.4. The summed E-state index contributed by atoms with van der Waals surface area (Å²) in [7, 11) is 0. The average molecular weight is 262 g/mol. The molecule has 0 bridgehead atoms. The fourth-order valence-corrected chi connectivity index (χ4v) is 2.64. The lowest BCUT2D eigenvalue weighted by Gasteiger charge is -2.21. The molecule has 1 aliphatic heterocycles.